The van der Waals surface area contributed by atoms with Crippen molar-refractivity contribution >= 4 is 35.6 Å². The second-order valence-corrected chi connectivity index (χ2v) is 5.60. The summed E-state index contributed by atoms with van der Waals surface area (Å²) in [7, 11) is 0. The van der Waals surface area contributed by atoms with Crippen molar-refractivity contribution in [1.82, 2.24) is 10.6 Å². The standard InChI is InChI=1S/C14H22N4O9/c15-6(5-11(22)23)12(24)17-7(2-4-10(20)21)13(25)18-8(14(26)27)1-3-9(16)19/h6-8H,1-5,15H2,(H2,16,19)(H,17,24)(H,18,25)(H,20,21)(H,22,23)(H,26,27). The van der Waals surface area contributed by atoms with E-state index in [1.54, 1.807) is 0 Å². The lowest BCUT2D eigenvalue weighted by Gasteiger charge is -2.22. The predicted molar refractivity (Wildman–Crippen MR) is 87.0 cm³/mol. The number of nitrogens with one attached hydrogen (secondary N) is 2. The molecule has 3 amide bonds. The summed E-state index contributed by atoms with van der Waals surface area (Å²) in [6, 6.07) is -4.46. The summed E-state index contributed by atoms with van der Waals surface area (Å²) < 4.78 is 0. The number of rotatable bonds is 13. The first-order valence-corrected chi connectivity index (χ1v) is 7.75. The monoisotopic (exact) mass is 390 g/mol. The smallest absolute Gasteiger partial charge is 0.326 e. The molecule has 0 bridgehead atoms. The average molecular weight is 390 g/mol. The summed E-state index contributed by atoms with van der Waals surface area (Å²) >= 11 is 0. The third-order valence-electron chi connectivity index (χ3n) is 3.31. The van der Waals surface area contributed by atoms with Crippen LogP contribution < -0.4 is 22.1 Å². The molecule has 9 N–H and O–H groups in total. The highest BCUT2D eigenvalue weighted by molar-refractivity contribution is 5.93. The second-order valence-electron chi connectivity index (χ2n) is 5.60. The highest BCUT2D eigenvalue weighted by atomic mass is 16.4. The number of carbonyl (C=O) groups excluding carboxylic acids is 3. The number of aliphatic carboxylic acids is 3. The molecule has 13 nitrogen and oxygen atoms in total. The summed E-state index contributed by atoms with van der Waals surface area (Å²) in [5.41, 5.74) is 10.3. The van der Waals surface area contributed by atoms with E-state index in [4.69, 9.17) is 26.8 Å². The molecule has 0 spiro atoms. The molecule has 0 saturated heterocycles. The van der Waals surface area contributed by atoms with Gasteiger partial charge in [0.2, 0.25) is 17.7 Å². The largest absolute Gasteiger partial charge is 0.481 e. The molecule has 0 heterocycles. The minimum Gasteiger partial charge on any atom is -0.481 e. The molecule has 3 atom stereocenters. The van der Waals surface area contributed by atoms with Gasteiger partial charge in [0.15, 0.2) is 0 Å². The molecule has 0 saturated carbocycles. The second kappa shape index (κ2) is 11.4. The molecule has 0 fully saturated rings. The first-order chi connectivity index (χ1) is 12.4. The van der Waals surface area contributed by atoms with E-state index in [-0.39, 0.29) is 12.8 Å². The van der Waals surface area contributed by atoms with Gasteiger partial charge in [0.05, 0.1) is 12.5 Å². The van der Waals surface area contributed by atoms with Gasteiger partial charge >= 0.3 is 17.9 Å². The van der Waals surface area contributed by atoms with Crippen LogP contribution in [0.25, 0.3) is 0 Å². The third-order valence-corrected chi connectivity index (χ3v) is 3.31. The molecule has 0 aliphatic heterocycles. The summed E-state index contributed by atoms with van der Waals surface area (Å²) in [4.78, 5) is 67.3. The molecule has 0 aliphatic rings. The number of primary amides is 1. The number of carboxylic acids is 3. The van der Waals surface area contributed by atoms with Crippen LogP contribution in [-0.2, 0) is 28.8 Å². The van der Waals surface area contributed by atoms with E-state index in [2.05, 4.69) is 10.6 Å². The highest BCUT2D eigenvalue weighted by Gasteiger charge is 2.29. The van der Waals surface area contributed by atoms with Gasteiger partial charge < -0.3 is 37.4 Å². The third kappa shape index (κ3) is 10.4. The Morgan fingerprint density at radius 3 is 1.74 bits per heavy atom. The maximum absolute atomic E-state index is 12.2. The minimum atomic E-state index is -1.50. The molecule has 13 heteroatoms. The van der Waals surface area contributed by atoms with Crippen molar-refractivity contribution in [3.05, 3.63) is 0 Å². The maximum Gasteiger partial charge on any atom is 0.326 e. The average Bonchev–Trinajstić information content (AvgIpc) is 2.53. The van der Waals surface area contributed by atoms with Gasteiger partial charge in [-0.2, -0.15) is 0 Å². The molecule has 0 radical (unpaired) electrons. The van der Waals surface area contributed by atoms with Crippen molar-refractivity contribution in [2.24, 2.45) is 11.5 Å². The van der Waals surface area contributed by atoms with Crippen LogP contribution in [0.3, 0.4) is 0 Å². The lowest BCUT2D eigenvalue weighted by Crippen LogP contribution is -2.54. The van der Waals surface area contributed by atoms with Crippen LogP contribution >= 0.6 is 0 Å². The summed E-state index contributed by atoms with van der Waals surface area (Å²) in [5.74, 6) is -6.93. The Morgan fingerprint density at radius 1 is 0.778 bits per heavy atom. The Balaban J connectivity index is 5.12. The highest BCUT2D eigenvalue weighted by Crippen LogP contribution is 2.03. The van der Waals surface area contributed by atoms with E-state index in [0.29, 0.717) is 0 Å². The van der Waals surface area contributed by atoms with Crippen LogP contribution in [-0.4, -0.2) is 69.1 Å². The number of carboxylic acid groups (broad SMARTS) is 3. The zero-order valence-corrected chi connectivity index (χ0v) is 14.2. The normalized spacial score (nSPS) is 13.7. The Kier molecular flexibility index (Phi) is 10.0. The molecule has 0 aromatic carbocycles. The van der Waals surface area contributed by atoms with E-state index in [0.717, 1.165) is 0 Å². The molecule has 27 heavy (non-hydrogen) atoms. The quantitative estimate of drug-likeness (QED) is 0.168. The van der Waals surface area contributed by atoms with Crippen LogP contribution in [0.4, 0.5) is 0 Å². The zero-order chi connectivity index (χ0) is 21.1. The summed E-state index contributed by atoms with van der Waals surface area (Å²) in [6.07, 6.45) is -2.29. The molecule has 3 unspecified atom stereocenters. The molecular formula is C14H22N4O9. The first-order valence-electron chi connectivity index (χ1n) is 7.75. The van der Waals surface area contributed by atoms with Gasteiger partial charge in [0, 0.05) is 12.8 Å². The van der Waals surface area contributed by atoms with E-state index in [1.807, 2.05) is 0 Å². The number of hydrogen-bond donors (Lipinski definition) is 7. The number of nitrogens with two attached hydrogens (primary N) is 2. The Hall–Kier alpha value is -3.22. The van der Waals surface area contributed by atoms with Crippen molar-refractivity contribution in [3.8, 4) is 0 Å². The molecule has 0 rings (SSSR count). The number of carbonyl (C=O) groups is 6. The van der Waals surface area contributed by atoms with Crippen molar-refractivity contribution in [3.63, 3.8) is 0 Å². The van der Waals surface area contributed by atoms with Gasteiger partial charge in [0.25, 0.3) is 0 Å². The summed E-state index contributed by atoms with van der Waals surface area (Å²) in [6.45, 7) is 0. The van der Waals surface area contributed by atoms with Crippen LogP contribution in [0, 0.1) is 0 Å². The summed E-state index contributed by atoms with van der Waals surface area (Å²) in [5, 5.41) is 30.6. The van der Waals surface area contributed by atoms with Crippen LogP contribution in [0.1, 0.15) is 32.1 Å². The van der Waals surface area contributed by atoms with E-state index < -0.39 is 73.0 Å². The Bertz CT molecular complexity index is 607. The van der Waals surface area contributed by atoms with Gasteiger partial charge in [-0.25, -0.2) is 4.79 Å². The van der Waals surface area contributed by atoms with Crippen molar-refractivity contribution in [1.29, 1.82) is 0 Å². The fourth-order valence-corrected chi connectivity index (χ4v) is 1.91. The maximum atomic E-state index is 12.2. The van der Waals surface area contributed by atoms with E-state index in [9.17, 15) is 28.8 Å². The zero-order valence-electron chi connectivity index (χ0n) is 14.2. The predicted octanol–water partition coefficient (Wildman–Crippen LogP) is -3.03. The fourth-order valence-electron chi connectivity index (χ4n) is 1.91. The van der Waals surface area contributed by atoms with Gasteiger partial charge in [-0.15, -0.1) is 0 Å². The molecule has 0 aromatic rings. The number of amides is 3. The van der Waals surface area contributed by atoms with Crippen LogP contribution in [0.2, 0.25) is 0 Å². The molecule has 0 aromatic heterocycles. The van der Waals surface area contributed by atoms with Gasteiger partial charge in [-0.05, 0) is 12.8 Å². The topological polar surface area (TPSA) is 239 Å². The van der Waals surface area contributed by atoms with Gasteiger partial charge in [-0.3, -0.25) is 24.0 Å². The Morgan fingerprint density at radius 2 is 1.30 bits per heavy atom. The van der Waals surface area contributed by atoms with Crippen molar-refractivity contribution in [2.45, 2.75) is 50.2 Å². The van der Waals surface area contributed by atoms with E-state index >= 15 is 0 Å². The molecule has 0 aliphatic carbocycles. The molecular weight excluding hydrogens is 368 g/mol. The fraction of sp³-hybridized carbons (Fsp3) is 0.571. The SMILES string of the molecule is NC(=O)CCC(NC(=O)C(CCC(=O)O)NC(=O)C(N)CC(=O)O)C(=O)O. The Labute approximate surface area is 153 Å². The van der Waals surface area contributed by atoms with Crippen molar-refractivity contribution < 1.29 is 44.1 Å². The lowest BCUT2D eigenvalue weighted by atomic mass is 10.1. The first kappa shape index (κ1) is 23.8. The van der Waals surface area contributed by atoms with Crippen LogP contribution in [0.15, 0.2) is 0 Å². The minimum absolute atomic E-state index is 0.311. The van der Waals surface area contributed by atoms with Crippen LogP contribution in [0.5, 0.6) is 0 Å². The lowest BCUT2D eigenvalue weighted by molar-refractivity contribution is -0.143. The van der Waals surface area contributed by atoms with Crippen molar-refractivity contribution in [2.75, 3.05) is 0 Å². The van der Waals surface area contributed by atoms with E-state index in [1.165, 1.54) is 0 Å². The molecule has 152 valence electrons. The number of hydrogen-bond acceptors (Lipinski definition) is 7. The van der Waals surface area contributed by atoms with Gasteiger partial charge in [-0.1, -0.05) is 0 Å². The van der Waals surface area contributed by atoms with Gasteiger partial charge in [0.1, 0.15) is 12.1 Å².